The summed E-state index contributed by atoms with van der Waals surface area (Å²) in [6.07, 6.45) is -0.784. The number of carbonyl (C=O) groups excluding carboxylic acids is 1. The zero-order chi connectivity index (χ0) is 16.2. The lowest BCUT2D eigenvalue weighted by atomic mass is 10.1. The lowest BCUT2D eigenvalue weighted by Crippen LogP contribution is -2.24. The van der Waals surface area contributed by atoms with Crippen LogP contribution in [-0.2, 0) is 9.53 Å². The van der Waals surface area contributed by atoms with Crippen molar-refractivity contribution in [1.82, 2.24) is 0 Å². The first-order valence-corrected chi connectivity index (χ1v) is 7.40. The number of aliphatic hydroxyl groups excluding tert-OH is 1. The van der Waals surface area contributed by atoms with Crippen molar-refractivity contribution in [3.05, 3.63) is 33.9 Å². The van der Waals surface area contributed by atoms with Gasteiger partial charge in [0.1, 0.15) is 5.60 Å². The number of hydrogen-bond acceptors (Lipinski definition) is 6. The monoisotopic (exact) mass is 313 g/mol. The van der Waals surface area contributed by atoms with Crippen molar-refractivity contribution in [2.75, 3.05) is 5.75 Å². The molecule has 7 heteroatoms. The summed E-state index contributed by atoms with van der Waals surface area (Å²) in [6, 6.07) is 4.46. The summed E-state index contributed by atoms with van der Waals surface area (Å²) < 4.78 is 5.15. The second-order valence-corrected chi connectivity index (χ2v) is 6.55. The molecule has 0 radical (unpaired) electrons. The first-order valence-electron chi connectivity index (χ1n) is 6.41. The lowest BCUT2D eigenvalue weighted by molar-refractivity contribution is -0.387. The molecule has 0 fully saturated rings. The molecule has 1 N–H and O–H groups in total. The van der Waals surface area contributed by atoms with Crippen LogP contribution in [0.3, 0.4) is 0 Å². The molecule has 0 aromatic heterocycles. The van der Waals surface area contributed by atoms with Crippen LogP contribution in [0.15, 0.2) is 23.1 Å². The molecular weight excluding hydrogens is 294 g/mol. The predicted molar refractivity (Wildman–Crippen MR) is 80.3 cm³/mol. The summed E-state index contributed by atoms with van der Waals surface area (Å²) in [5.41, 5.74) is -0.245. The highest BCUT2D eigenvalue weighted by Gasteiger charge is 2.20. The standard InChI is InChI=1S/C14H19NO5S/c1-9(16)10-5-6-12(11(7-10)15(18)19)21-8-13(17)20-14(2,3)4/h5-7,9,16H,8H2,1-4H3/t9-/m0/s1. The molecule has 0 saturated carbocycles. The van der Waals surface area contributed by atoms with E-state index in [4.69, 9.17) is 4.74 Å². The zero-order valence-corrected chi connectivity index (χ0v) is 13.3. The van der Waals surface area contributed by atoms with Crippen molar-refractivity contribution in [2.24, 2.45) is 0 Å². The molecule has 116 valence electrons. The lowest BCUT2D eigenvalue weighted by Gasteiger charge is -2.19. The number of benzene rings is 1. The van der Waals surface area contributed by atoms with E-state index in [1.807, 2.05) is 0 Å². The molecule has 0 unspecified atom stereocenters. The van der Waals surface area contributed by atoms with Gasteiger partial charge in [0.25, 0.3) is 5.69 Å². The van der Waals surface area contributed by atoms with Crippen LogP contribution in [0.4, 0.5) is 5.69 Å². The summed E-state index contributed by atoms with van der Waals surface area (Å²) in [7, 11) is 0. The maximum Gasteiger partial charge on any atom is 0.316 e. The Morgan fingerprint density at radius 3 is 2.57 bits per heavy atom. The SMILES string of the molecule is C[C@H](O)c1ccc(SCC(=O)OC(C)(C)C)c([N+](=O)[O-])c1. The highest BCUT2D eigenvalue weighted by Crippen LogP contribution is 2.32. The van der Waals surface area contributed by atoms with Crippen molar-refractivity contribution in [3.63, 3.8) is 0 Å². The van der Waals surface area contributed by atoms with Gasteiger partial charge in [-0.25, -0.2) is 0 Å². The van der Waals surface area contributed by atoms with Gasteiger partial charge in [0.2, 0.25) is 0 Å². The number of nitrogens with zero attached hydrogens (tertiary/aromatic N) is 1. The van der Waals surface area contributed by atoms with E-state index in [9.17, 15) is 20.0 Å². The number of hydrogen-bond donors (Lipinski definition) is 1. The van der Waals surface area contributed by atoms with E-state index in [0.29, 0.717) is 10.5 Å². The molecule has 0 aliphatic carbocycles. The minimum atomic E-state index is -0.784. The molecule has 1 atom stereocenters. The molecule has 0 bridgehead atoms. The third-order valence-electron chi connectivity index (χ3n) is 2.43. The van der Waals surface area contributed by atoms with Crippen LogP contribution in [0.5, 0.6) is 0 Å². The quantitative estimate of drug-likeness (QED) is 0.389. The number of ether oxygens (including phenoxy) is 1. The van der Waals surface area contributed by atoms with E-state index in [-0.39, 0.29) is 11.4 Å². The van der Waals surface area contributed by atoms with Crippen molar-refractivity contribution < 1.29 is 19.6 Å². The molecule has 1 aromatic carbocycles. The Bertz CT molecular complexity index is 537. The van der Waals surface area contributed by atoms with Crippen molar-refractivity contribution in [3.8, 4) is 0 Å². The number of aliphatic hydroxyl groups is 1. The van der Waals surface area contributed by atoms with Crippen molar-refractivity contribution in [2.45, 2.75) is 44.3 Å². The maximum atomic E-state index is 11.6. The van der Waals surface area contributed by atoms with Gasteiger partial charge in [-0.3, -0.25) is 14.9 Å². The fourth-order valence-electron chi connectivity index (χ4n) is 1.57. The largest absolute Gasteiger partial charge is 0.459 e. The Labute approximate surface area is 127 Å². The molecule has 0 aliphatic heterocycles. The fourth-order valence-corrected chi connectivity index (χ4v) is 2.34. The van der Waals surface area contributed by atoms with Crippen LogP contribution in [-0.4, -0.2) is 27.4 Å². The molecular formula is C14H19NO5S. The second-order valence-electron chi connectivity index (χ2n) is 5.54. The van der Waals surface area contributed by atoms with Gasteiger partial charge in [0.05, 0.1) is 21.7 Å². The molecule has 1 rings (SSSR count). The first kappa shape index (κ1) is 17.5. The minimum Gasteiger partial charge on any atom is -0.459 e. The third-order valence-corrected chi connectivity index (χ3v) is 3.46. The predicted octanol–water partition coefficient (Wildman–Crippen LogP) is 3.08. The average Bonchev–Trinajstić information content (AvgIpc) is 2.33. The molecule has 21 heavy (non-hydrogen) atoms. The second kappa shape index (κ2) is 6.91. The molecule has 0 aliphatic rings. The summed E-state index contributed by atoms with van der Waals surface area (Å²) in [6.45, 7) is 6.81. The van der Waals surface area contributed by atoms with Crippen LogP contribution in [0.2, 0.25) is 0 Å². The summed E-state index contributed by atoms with van der Waals surface area (Å²) in [5.74, 6) is -0.437. The van der Waals surface area contributed by atoms with E-state index >= 15 is 0 Å². The van der Waals surface area contributed by atoms with E-state index in [1.54, 1.807) is 26.8 Å². The van der Waals surface area contributed by atoms with Gasteiger partial charge in [-0.2, -0.15) is 0 Å². The van der Waals surface area contributed by atoms with Crippen molar-refractivity contribution in [1.29, 1.82) is 0 Å². The molecule has 0 amide bonds. The Hall–Kier alpha value is -1.60. The van der Waals surface area contributed by atoms with Crippen molar-refractivity contribution >= 4 is 23.4 Å². The molecule has 1 aromatic rings. The van der Waals surface area contributed by atoms with Gasteiger partial charge in [-0.1, -0.05) is 6.07 Å². The summed E-state index contributed by atoms with van der Waals surface area (Å²) in [5, 5.41) is 20.5. The normalized spacial score (nSPS) is 12.8. The van der Waals surface area contributed by atoms with Crippen LogP contribution < -0.4 is 0 Å². The number of nitro groups is 1. The number of nitro benzene ring substituents is 1. The van der Waals surface area contributed by atoms with Gasteiger partial charge in [-0.15, -0.1) is 11.8 Å². The smallest absolute Gasteiger partial charge is 0.316 e. The maximum absolute atomic E-state index is 11.6. The number of thioether (sulfide) groups is 1. The summed E-state index contributed by atoms with van der Waals surface area (Å²) in [4.78, 5) is 22.5. The molecule has 0 saturated heterocycles. The van der Waals surface area contributed by atoms with E-state index in [1.165, 1.54) is 19.1 Å². The van der Waals surface area contributed by atoms with Crippen LogP contribution in [0.1, 0.15) is 39.4 Å². The van der Waals surface area contributed by atoms with Gasteiger partial charge in [0.15, 0.2) is 0 Å². The van der Waals surface area contributed by atoms with Crippen LogP contribution in [0.25, 0.3) is 0 Å². The Morgan fingerprint density at radius 2 is 2.10 bits per heavy atom. The van der Waals surface area contributed by atoms with E-state index < -0.39 is 22.6 Å². The topological polar surface area (TPSA) is 89.7 Å². The van der Waals surface area contributed by atoms with Gasteiger partial charge in [0, 0.05) is 6.07 Å². The summed E-state index contributed by atoms with van der Waals surface area (Å²) >= 11 is 1.05. The number of rotatable bonds is 5. The first-order chi connectivity index (χ1) is 9.60. The van der Waals surface area contributed by atoms with Gasteiger partial charge in [-0.05, 0) is 39.3 Å². The number of carbonyl (C=O) groups is 1. The Morgan fingerprint density at radius 1 is 1.48 bits per heavy atom. The Balaban J connectivity index is 2.84. The fraction of sp³-hybridized carbons (Fsp3) is 0.500. The van der Waals surface area contributed by atoms with Crippen LogP contribution in [0, 0.1) is 10.1 Å². The molecule has 0 heterocycles. The Kier molecular flexibility index (Phi) is 5.74. The van der Waals surface area contributed by atoms with E-state index in [2.05, 4.69) is 0 Å². The molecule has 6 nitrogen and oxygen atoms in total. The molecule has 0 spiro atoms. The number of esters is 1. The average molecular weight is 313 g/mol. The third kappa shape index (κ3) is 5.73. The van der Waals surface area contributed by atoms with Crippen LogP contribution >= 0.6 is 11.8 Å². The zero-order valence-electron chi connectivity index (χ0n) is 12.5. The highest BCUT2D eigenvalue weighted by molar-refractivity contribution is 8.00. The minimum absolute atomic E-state index is 0.00780. The van der Waals surface area contributed by atoms with Gasteiger partial charge >= 0.3 is 5.97 Å². The van der Waals surface area contributed by atoms with E-state index in [0.717, 1.165) is 11.8 Å². The van der Waals surface area contributed by atoms with Gasteiger partial charge < -0.3 is 9.84 Å². The highest BCUT2D eigenvalue weighted by atomic mass is 32.2.